The van der Waals surface area contributed by atoms with Crippen molar-refractivity contribution in [3.05, 3.63) is 29.8 Å². The number of carbonyl (C=O) groups excluding carboxylic acids is 1. The second-order valence-electron chi connectivity index (χ2n) is 6.01. The molecule has 2 N–H and O–H groups in total. The molecular weight excluding hydrogens is 248 g/mol. The lowest BCUT2D eigenvalue weighted by Gasteiger charge is -2.09. The van der Waals surface area contributed by atoms with Gasteiger partial charge in [-0.3, -0.25) is 4.79 Å². The number of nitrogens with one attached hydrogen (secondary N) is 2. The van der Waals surface area contributed by atoms with Crippen LogP contribution < -0.4 is 10.6 Å². The Morgan fingerprint density at radius 3 is 2.25 bits per heavy atom. The van der Waals surface area contributed by atoms with Gasteiger partial charge in [-0.25, -0.2) is 0 Å². The Bertz CT molecular complexity index is 396. The van der Waals surface area contributed by atoms with Crippen LogP contribution in [-0.2, 0) is 4.79 Å². The topological polar surface area (TPSA) is 41.1 Å². The van der Waals surface area contributed by atoms with Gasteiger partial charge in [0, 0.05) is 18.7 Å². The van der Waals surface area contributed by atoms with Gasteiger partial charge in [0.05, 0.1) is 0 Å². The molecule has 112 valence electrons. The first-order valence-electron chi connectivity index (χ1n) is 7.59. The Labute approximate surface area is 123 Å². The van der Waals surface area contributed by atoms with Crippen molar-refractivity contribution in [1.29, 1.82) is 0 Å². The highest BCUT2D eigenvalue weighted by Gasteiger charge is 2.03. The molecule has 3 nitrogen and oxygen atoms in total. The number of benzene rings is 1. The van der Waals surface area contributed by atoms with E-state index in [1.165, 1.54) is 5.56 Å². The first-order chi connectivity index (χ1) is 9.49. The van der Waals surface area contributed by atoms with E-state index in [2.05, 4.69) is 50.5 Å². The van der Waals surface area contributed by atoms with E-state index in [9.17, 15) is 4.79 Å². The molecular formula is C17H28N2O. The van der Waals surface area contributed by atoms with E-state index in [0.29, 0.717) is 18.3 Å². The van der Waals surface area contributed by atoms with Crippen LogP contribution in [-0.4, -0.2) is 19.0 Å². The van der Waals surface area contributed by atoms with Crippen LogP contribution in [0.4, 0.5) is 5.69 Å². The SMILES string of the molecule is CC(C)CCNCCC(=O)Nc1ccc(C(C)C)cc1. The summed E-state index contributed by atoms with van der Waals surface area (Å²) < 4.78 is 0. The van der Waals surface area contributed by atoms with Crippen LogP contribution in [0, 0.1) is 5.92 Å². The van der Waals surface area contributed by atoms with Crippen molar-refractivity contribution >= 4 is 11.6 Å². The lowest BCUT2D eigenvalue weighted by atomic mass is 10.0. The molecule has 0 fully saturated rings. The number of amides is 1. The fourth-order valence-corrected chi connectivity index (χ4v) is 1.89. The number of hydrogen-bond donors (Lipinski definition) is 2. The largest absolute Gasteiger partial charge is 0.326 e. The van der Waals surface area contributed by atoms with E-state index < -0.39 is 0 Å². The van der Waals surface area contributed by atoms with Gasteiger partial charge in [-0.1, -0.05) is 39.8 Å². The Hall–Kier alpha value is -1.35. The lowest BCUT2D eigenvalue weighted by Crippen LogP contribution is -2.23. The second-order valence-corrected chi connectivity index (χ2v) is 6.01. The summed E-state index contributed by atoms with van der Waals surface area (Å²) in [4.78, 5) is 11.8. The van der Waals surface area contributed by atoms with Crippen LogP contribution in [0.5, 0.6) is 0 Å². The first kappa shape index (κ1) is 16.7. The van der Waals surface area contributed by atoms with Crippen molar-refractivity contribution in [2.24, 2.45) is 5.92 Å². The Morgan fingerprint density at radius 2 is 1.70 bits per heavy atom. The molecule has 0 spiro atoms. The third-order valence-electron chi connectivity index (χ3n) is 3.29. The zero-order chi connectivity index (χ0) is 15.0. The standard InChI is InChI=1S/C17H28N2O/c1-13(2)9-11-18-12-10-17(20)19-16-7-5-15(6-8-16)14(3)4/h5-8,13-14,18H,9-12H2,1-4H3,(H,19,20). The monoisotopic (exact) mass is 276 g/mol. The van der Waals surface area contributed by atoms with Gasteiger partial charge < -0.3 is 10.6 Å². The summed E-state index contributed by atoms with van der Waals surface area (Å²) in [6.07, 6.45) is 1.67. The number of hydrogen-bond acceptors (Lipinski definition) is 2. The summed E-state index contributed by atoms with van der Waals surface area (Å²) >= 11 is 0. The predicted octanol–water partition coefficient (Wildman–Crippen LogP) is 3.77. The molecule has 0 saturated heterocycles. The van der Waals surface area contributed by atoms with Gasteiger partial charge >= 0.3 is 0 Å². The summed E-state index contributed by atoms with van der Waals surface area (Å²) in [5.74, 6) is 1.29. The van der Waals surface area contributed by atoms with Gasteiger partial charge in [0.15, 0.2) is 0 Å². The van der Waals surface area contributed by atoms with Gasteiger partial charge in [0.1, 0.15) is 0 Å². The smallest absolute Gasteiger partial charge is 0.225 e. The Morgan fingerprint density at radius 1 is 1.05 bits per heavy atom. The van der Waals surface area contributed by atoms with Crippen LogP contribution in [0.2, 0.25) is 0 Å². The van der Waals surface area contributed by atoms with E-state index in [1.807, 2.05) is 12.1 Å². The summed E-state index contributed by atoms with van der Waals surface area (Å²) in [5, 5.41) is 6.23. The molecule has 0 aliphatic heterocycles. The summed E-state index contributed by atoms with van der Waals surface area (Å²) in [6.45, 7) is 10.5. The molecule has 20 heavy (non-hydrogen) atoms. The minimum atomic E-state index is 0.0688. The first-order valence-corrected chi connectivity index (χ1v) is 7.59. The molecule has 0 bridgehead atoms. The van der Waals surface area contributed by atoms with Gasteiger partial charge in [-0.05, 0) is 42.5 Å². The molecule has 1 aromatic rings. The predicted molar refractivity (Wildman–Crippen MR) is 86.1 cm³/mol. The molecule has 0 atom stereocenters. The molecule has 0 aromatic heterocycles. The maximum atomic E-state index is 11.8. The highest BCUT2D eigenvalue weighted by Crippen LogP contribution is 2.17. The molecule has 1 aromatic carbocycles. The van der Waals surface area contributed by atoms with E-state index >= 15 is 0 Å². The second kappa shape index (κ2) is 8.75. The van der Waals surface area contributed by atoms with Crippen molar-refractivity contribution in [2.75, 3.05) is 18.4 Å². The summed E-state index contributed by atoms with van der Waals surface area (Å²) in [5.41, 5.74) is 2.17. The van der Waals surface area contributed by atoms with Gasteiger partial charge in [-0.15, -0.1) is 0 Å². The normalized spacial score (nSPS) is 11.1. The third kappa shape index (κ3) is 6.71. The third-order valence-corrected chi connectivity index (χ3v) is 3.29. The van der Waals surface area contributed by atoms with Crippen LogP contribution in [0.1, 0.15) is 52.0 Å². The van der Waals surface area contributed by atoms with Crippen LogP contribution in [0.3, 0.4) is 0 Å². The fraction of sp³-hybridized carbons (Fsp3) is 0.588. The van der Waals surface area contributed by atoms with E-state index in [-0.39, 0.29) is 5.91 Å². The lowest BCUT2D eigenvalue weighted by molar-refractivity contribution is -0.116. The van der Waals surface area contributed by atoms with Crippen LogP contribution in [0.15, 0.2) is 24.3 Å². The zero-order valence-electron chi connectivity index (χ0n) is 13.2. The number of anilines is 1. The molecule has 0 heterocycles. The van der Waals surface area contributed by atoms with Crippen molar-refractivity contribution in [3.8, 4) is 0 Å². The number of rotatable bonds is 8. The average molecular weight is 276 g/mol. The molecule has 1 rings (SSSR count). The van der Waals surface area contributed by atoms with Gasteiger partial charge in [0.2, 0.25) is 5.91 Å². The average Bonchev–Trinajstić information content (AvgIpc) is 2.38. The van der Waals surface area contributed by atoms with Crippen LogP contribution in [0.25, 0.3) is 0 Å². The molecule has 0 unspecified atom stereocenters. The quantitative estimate of drug-likeness (QED) is 0.710. The van der Waals surface area contributed by atoms with E-state index in [4.69, 9.17) is 0 Å². The summed E-state index contributed by atoms with van der Waals surface area (Å²) in [6, 6.07) is 8.08. The maximum Gasteiger partial charge on any atom is 0.225 e. The molecule has 0 radical (unpaired) electrons. The van der Waals surface area contributed by atoms with Crippen molar-refractivity contribution < 1.29 is 4.79 Å². The molecule has 0 saturated carbocycles. The summed E-state index contributed by atoms with van der Waals surface area (Å²) in [7, 11) is 0. The van der Waals surface area contributed by atoms with Crippen molar-refractivity contribution in [1.82, 2.24) is 5.32 Å². The molecule has 1 amide bonds. The molecule has 3 heteroatoms. The minimum Gasteiger partial charge on any atom is -0.326 e. The van der Waals surface area contributed by atoms with Crippen molar-refractivity contribution in [3.63, 3.8) is 0 Å². The highest BCUT2D eigenvalue weighted by molar-refractivity contribution is 5.90. The van der Waals surface area contributed by atoms with Crippen LogP contribution >= 0.6 is 0 Å². The highest BCUT2D eigenvalue weighted by atomic mass is 16.1. The Kier molecular flexibility index (Phi) is 7.31. The molecule has 0 aliphatic rings. The minimum absolute atomic E-state index is 0.0688. The van der Waals surface area contributed by atoms with Gasteiger partial charge in [0.25, 0.3) is 0 Å². The van der Waals surface area contributed by atoms with E-state index in [1.54, 1.807) is 0 Å². The number of carbonyl (C=O) groups is 1. The zero-order valence-corrected chi connectivity index (χ0v) is 13.2. The maximum absolute atomic E-state index is 11.8. The van der Waals surface area contributed by atoms with Gasteiger partial charge in [-0.2, -0.15) is 0 Å². The molecule has 0 aliphatic carbocycles. The van der Waals surface area contributed by atoms with Crippen molar-refractivity contribution in [2.45, 2.75) is 46.5 Å². The van der Waals surface area contributed by atoms with E-state index in [0.717, 1.165) is 25.2 Å². The Balaban J connectivity index is 2.25. The fourth-order valence-electron chi connectivity index (χ4n) is 1.89.